The number of benzene rings is 2. The number of methoxy groups -OCH3 is 2. The third kappa shape index (κ3) is 3.81. The number of amides is 1. The third-order valence-electron chi connectivity index (χ3n) is 3.15. The molecule has 7 nitrogen and oxygen atoms in total. The number of anilines is 1. The average Bonchev–Trinajstić information content (AvgIpc) is 2.53. The first-order valence-electron chi connectivity index (χ1n) is 6.62. The topological polar surface area (TPSA) is 108 Å². The van der Waals surface area contributed by atoms with E-state index < -0.39 is 21.7 Å². The van der Waals surface area contributed by atoms with Crippen LogP contribution in [0.2, 0.25) is 0 Å². The van der Waals surface area contributed by atoms with Crippen molar-refractivity contribution in [2.75, 3.05) is 19.5 Å². The number of ether oxygens (including phenoxy) is 2. The van der Waals surface area contributed by atoms with Crippen LogP contribution >= 0.6 is 0 Å². The Morgan fingerprint density at radius 3 is 2.38 bits per heavy atom. The van der Waals surface area contributed by atoms with Crippen LogP contribution < -0.4 is 19.9 Å². The van der Waals surface area contributed by atoms with E-state index in [1.807, 2.05) is 0 Å². The number of nitrogens with two attached hydrogens (primary N) is 1. The Kier molecular flexibility index (Phi) is 5.05. The molecule has 0 atom stereocenters. The molecule has 1 amide bonds. The molecule has 0 unspecified atom stereocenters. The summed E-state index contributed by atoms with van der Waals surface area (Å²) in [6.45, 7) is 0. The molecular weight excluding hydrogens is 339 g/mol. The van der Waals surface area contributed by atoms with Gasteiger partial charge in [-0.2, -0.15) is 0 Å². The van der Waals surface area contributed by atoms with Crippen LogP contribution in [-0.4, -0.2) is 28.5 Å². The van der Waals surface area contributed by atoms with Crippen molar-refractivity contribution in [3.05, 3.63) is 47.8 Å². The lowest BCUT2D eigenvalue weighted by Gasteiger charge is -2.11. The molecule has 128 valence electrons. The fourth-order valence-electron chi connectivity index (χ4n) is 1.98. The van der Waals surface area contributed by atoms with Gasteiger partial charge in [-0.1, -0.05) is 0 Å². The summed E-state index contributed by atoms with van der Waals surface area (Å²) in [7, 11) is -1.39. The summed E-state index contributed by atoms with van der Waals surface area (Å²) in [5.74, 6) is -1.22. The van der Waals surface area contributed by atoms with E-state index in [1.165, 1.54) is 38.5 Å². The second kappa shape index (κ2) is 6.85. The maximum atomic E-state index is 13.9. The zero-order chi connectivity index (χ0) is 17.9. The lowest BCUT2D eigenvalue weighted by atomic mass is 10.2. The van der Waals surface area contributed by atoms with Crippen molar-refractivity contribution >= 4 is 21.6 Å². The smallest absolute Gasteiger partial charge is 0.258 e. The van der Waals surface area contributed by atoms with Crippen LogP contribution in [0.5, 0.6) is 11.5 Å². The highest BCUT2D eigenvalue weighted by Gasteiger charge is 2.18. The molecule has 0 radical (unpaired) electrons. The molecule has 24 heavy (non-hydrogen) atoms. The lowest BCUT2D eigenvalue weighted by Crippen LogP contribution is -2.16. The Morgan fingerprint density at radius 2 is 1.83 bits per heavy atom. The SMILES string of the molecule is COc1ccc(C(=O)Nc2ccc(OC)c(S(N)(=O)=O)c2)c(F)c1. The monoisotopic (exact) mass is 354 g/mol. The van der Waals surface area contributed by atoms with E-state index in [0.717, 1.165) is 12.1 Å². The minimum absolute atomic E-state index is 0.0335. The van der Waals surface area contributed by atoms with Crippen LogP contribution in [0.3, 0.4) is 0 Å². The predicted molar refractivity (Wildman–Crippen MR) is 85.3 cm³/mol. The van der Waals surface area contributed by atoms with Crippen molar-refractivity contribution in [3.63, 3.8) is 0 Å². The maximum absolute atomic E-state index is 13.9. The van der Waals surface area contributed by atoms with Crippen LogP contribution in [0, 0.1) is 5.82 Å². The first-order chi connectivity index (χ1) is 11.3. The molecule has 0 bridgehead atoms. The Morgan fingerprint density at radius 1 is 1.12 bits per heavy atom. The molecule has 0 heterocycles. The van der Waals surface area contributed by atoms with Crippen molar-refractivity contribution in [1.29, 1.82) is 0 Å². The van der Waals surface area contributed by atoms with Gasteiger partial charge in [0.2, 0.25) is 10.0 Å². The fraction of sp³-hybridized carbons (Fsp3) is 0.133. The molecule has 2 aromatic carbocycles. The van der Waals surface area contributed by atoms with Crippen LogP contribution in [-0.2, 0) is 10.0 Å². The lowest BCUT2D eigenvalue weighted by molar-refractivity contribution is 0.102. The number of halogens is 1. The highest BCUT2D eigenvalue weighted by atomic mass is 32.2. The number of primary sulfonamides is 1. The highest BCUT2D eigenvalue weighted by molar-refractivity contribution is 7.89. The molecule has 3 N–H and O–H groups in total. The zero-order valence-electron chi connectivity index (χ0n) is 12.9. The Balaban J connectivity index is 2.33. The van der Waals surface area contributed by atoms with Gasteiger partial charge in [0.15, 0.2) is 0 Å². The van der Waals surface area contributed by atoms with Gasteiger partial charge in [0.1, 0.15) is 22.2 Å². The largest absolute Gasteiger partial charge is 0.497 e. The van der Waals surface area contributed by atoms with Crippen molar-refractivity contribution in [2.45, 2.75) is 4.90 Å². The summed E-state index contributed by atoms with van der Waals surface area (Å²) in [4.78, 5) is 11.9. The first kappa shape index (κ1) is 17.7. The summed E-state index contributed by atoms with van der Waals surface area (Å²) >= 11 is 0. The molecule has 9 heteroatoms. The second-order valence-electron chi connectivity index (χ2n) is 4.71. The van der Waals surface area contributed by atoms with Gasteiger partial charge in [0.25, 0.3) is 5.91 Å². The number of nitrogens with one attached hydrogen (secondary N) is 1. The number of hydrogen-bond donors (Lipinski definition) is 2. The van der Waals surface area contributed by atoms with Crippen LogP contribution in [0.1, 0.15) is 10.4 Å². The summed E-state index contributed by atoms with van der Waals surface area (Å²) in [6.07, 6.45) is 0. The molecule has 0 aliphatic heterocycles. The van der Waals surface area contributed by atoms with E-state index in [1.54, 1.807) is 0 Å². The number of hydrogen-bond acceptors (Lipinski definition) is 5. The normalized spacial score (nSPS) is 11.0. The van der Waals surface area contributed by atoms with Crippen molar-refractivity contribution in [3.8, 4) is 11.5 Å². The van der Waals surface area contributed by atoms with E-state index in [0.29, 0.717) is 0 Å². The van der Waals surface area contributed by atoms with Gasteiger partial charge in [-0.05, 0) is 30.3 Å². The van der Waals surface area contributed by atoms with Crippen LogP contribution in [0.4, 0.5) is 10.1 Å². The summed E-state index contributed by atoms with van der Waals surface area (Å²) in [5.41, 5.74) is -0.0937. The van der Waals surface area contributed by atoms with E-state index in [-0.39, 0.29) is 27.6 Å². The molecule has 0 aromatic heterocycles. The van der Waals surface area contributed by atoms with Crippen molar-refractivity contribution in [2.24, 2.45) is 5.14 Å². The molecule has 2 aromatic rings. The van der Waals surface area contributed by atoms with Crippen LogP contribution in [0.15, 0.2) is 41.3 Å². The van der Waals surface area contributed by atoms with Crippen molar-refractivity contribution in [1.82, 2.24) is 0 Å². The molecule has 0 spiro atoms. The number of carbonyl (C=O) groups excluding carboxylic acids is 1. The maximum Gasteiger partial charge on any atom is 0.258 e. The van der Waals surface area contributed by atoms with Crippen molar-refractivity contribution < 1.29 is 27.1 Å². The summed E-state index contributed by atoms with van der Waals surface area (Å²) in [6, 6.07) is 7.63. The standard InChI is InChI=1S/C15H15FN2O5S/c1-22-10-4-5-11(12(16)8-10)15(19)18-9-3-6-13(23-2)14(7-9)24(17,20)21/h3-8H,1-2H3,(H,18,19)(H2,17,20,21). The van der Waals surface area contributed by atoms with Gasteiger partial charge in [-0.3, -0.25) is 4.79 Å². The molecule has 0 aliphatic rings. The van der Waals surface area contributed by atoms with Gasteiger partial charge in [0, 0.05) is 11.8 Å². The highest BCUT2D eigenvalue weighted by Crippen LogP contribution is 2.26. The molecule has 0 fully saturated rings. The number of rotatable bonds is 5. The Hall–Kier alpha value is -2.65. The zero-order valence-corrected chi connectivity index (χ0v) is 13.7. The van der Waals surface area contributed by atoms with E-state index in [4.69, 9.17) is 14.6 Å². The first-order valence-corrected chi connectivity index (χ1v) is 8.16. The van der Waals surface area contributed by atoms with Crippen LogP contribution in [0.25, 0.3) is 0 Å². The number of sulfonamides is 1. The minimum Gasteiger partial charge on any atom is -0.497 e. The summed E-state index contributed by atoms with van der Waals surface area (Å²) in [5, 5.41) is 7.51. The number of carbonyl (C=O) groups is 1. The van der Waals surface area contributed by atoms with E-state index >= 15 is 0 Å². The molecule has 0 saturated carbocycles. The van der Waals surface area contributed by atoms with Gasteiger partial charge < -0.3 is 14.8 Å². The second-order valence-corrected chi connectivity index (χ2v) is 6.24. The minimum atomic E-state index is -4.05. The summed E-state index contributed by atoms with van der Waals surface area (Å²) < 4.78 is 46.8. The molecular formula is C15H15FN2O5S. The third-order valence-corrected chi connectivity index (χ3v) is 4.08. The van der Waals surface area contributed by atoms with Gasteiger partial charge in [-0.15, -0.1) is 0 Å². The average molecular weight is 354 g/mol. The van der Waals surface area contributed by atoms with E-state index in [9.17, 15) is 17.6 Å². The van der Waals surface area contributed by atoms with E-state index in [2.05, 4.69) is 5.32 Å². The van der Waals surface area contributed by atoms with Gasteiger partial charge in [0.05, 0.1) is 19.8 Å². The molecule has 2 rings (SSSR count). The Labute approximate surface area is 138 Å². The Bertz CT molecular complexity index is 883. The predicted octanol–water partition coefficient (Wildman–Crippen LogP) is 1.74. The van der Waals surface area contributed by atoms with Gasteiger partial charge >= 0.3 is 0 Å². The molecule has 0 saturated heterocycles. The quantitative estimate of drug-likeness (QED) is 0.850. The van der Waals surface area contributed by atoms with Gasteiger partial charge in [-0.25, -0.2) is 17.9 Å². The fourth-order valence-corrected chi connectivity index (χ4v) is 2.71. The molecule has 0 aliphatic carbocycles.